The smallest absolute Gasteiger partial charge is 0.309 e. The molecule has 2 N–H and O–H groups in total. The molecule has 0 heterocycles. The number of carbonyl (C=O) groups is 4. The van der Waals surface area contributed by atoms with Crippen molar-refractivity contribution in [2.24, 2.45) is 56.2 Å². The van der Waals surface area contributed by atoms with E-state index in [0.717, 1.165) is 62.5 Å². The first-order valence-electron chi connectivity index (χ1n) is 20.9. The summed E-state index contributed by atoms with van der Waals surface area (Å²) in [6, 6.07) is 7.76. The summed E-state index contributed by atoms with van der Waals surface area (Å²) in [6.07, 6.45) is 7.14. The Hall–Kier alpha value is -2.71. The Labute approximate surface area is 334 Å². The van der Waals surface area contributed by atoms with E-state index in [4.69, 9.17) is 21.1 Å². The Morgan fingerprint density at radius 2 is 1.60 bits per heavy atom. The summed E-state index contributed by atoms with van der Waals surface area (Å²) >= 11 is 6.14. The summed E-state index contributed by atoms with van der Waals surface area (Å²) in [6.45, 7) is 22.1. The Kier molecular flexibility index (Phi) is 11.1. The summed E-state index contributed by atoms with van der Waals surface area (Å²) in [5.74, 6) is -0.439. The van der Waals surface area contributed by atoms with Gasteiger partial charge in [0, 0.05) is 42.3 Å². The van der Waals surface area contributed by atoms with Gasteiger partial charge in [0.25, 0.3) is 0 Å². The molecule has 1 aromatic rings. The lowest BCUT2D eigenvalue weighted by Gasteiger charge is -2.72. The van der Waals surface area contributed by atoms with Crippen LogP contribution < -0.4 is 5.32 Å². The molecule has 55 heavy (non-hydrogen) atoms. The van der Waals surface area contributed by atoms with Gasteiger partial charge in [0.1, 0.15) is 12.2 Å². The van der Waals surface area contributed by atoms with Gasteiger partial charge in [0.15, 0.2) is 5.78 Å². The van der Waals surface area contributed by atoms with E-state index in [9.17, 15) is 24.3 Å². The summed E-state index contributed by atoms with van der Waals surface area (Å²) in [5.41, 5.74) is 1.37. The number of allylic oxidation sites excluding steroid dienone is 1. The van der Waals surface area contributed by atoms with Gasteiger partial charge >= 0.3 is 17.9 Å². The third kappa shape index (κ3) is 6.91. The lowest BCUT2D eigenvalue weighted by Crippen LogP contribution is -2.66. The zero-order chi connectivity index (χ0) is 40.5. The maximum atomic E-state index is 14.3. The van der Waals surface area contributed by atoms with Crippen molar-refractivity contribution >= 4 is 35.3 Å². The number of fused-ring (bicyclic) bond motifs is 7. The predicted octanol–water partition coefficient (Wildman–Crippen LogP) is 9.75. The molecular formula is C46H66ClNO7. The van der Waals surface area contributed by atoms with Crippen molar-refractivity contribution in [1.82, 2.24) is 5.32 Å². The molecule has 0 amide bonds. The SMILES string of the molecule is CC(=O)O[C@@H](CNCc1ccc(Cl)cc1)[C@@]12CC[C@]3(C)[C@H](CC[C@@H]4[C@@]5(C)CC[C@H](OC(=O)CC(C)(C)C(=O)O)C(C)(C)[C@@H]5CC[C@]43C)C1=C(C(C)C)C(=O)C2. The largest absolute Gasteiger partial charge is 0.481 e. The maximum absolute atomic E-state index is 14.3. The van der Waals surface area contributed by atoms with E-state index in [0.29, 0.717) is 36.4 Å². The minimum absolute atomic E-state index is 0.0168. The van der Waals surface area contributed by atoms with Crippen molar-refractivity contribution in [3.63, 3.8) is 0 Å². The number of hydrogen-bond acceptors (Lipinski definition) is 7. The number of aliphatic carboxylic acids is 1. The van der Waals surface area contributed by atoms with Gasteiger partial charge in [-0.25, -0.2) is 0 Å². The maximum Gasteiger partial charge on any atom is 0.309 e. The van der Waals surface area contributed by atoms with Crippen LogP contribution in [0.25, 0.3) is 0 Å². The highest BCUT2D eigenvalue weighted by Crippen LogP contribution is 2.77. The quantitative estimate of drug-likeness (QED) is 0.213. The van der Waals surface area contributed by atoms with Crippen molar-refractivity contribution in [3.05, 3.63) is 46.0 Å². The van der Waals surface area contributed by atoms with Crippen molar-refractivity contribution < 1.29 is 33.8 Å². The number of ketones is 1. The number of halogens is 1. The number of carboxylic acid groups (broad SMARTS) is 1. The van der Waals surface area contributed by atoms with E-state index in [1.54, 1.807) is 13.8 Å². The zero-order valence-corrected chi connectivity index (χ0v) is 35.8. The molecule has 9 heteroatoms. The molecule has 4 fully saturated rings. The molecule has 5 aliphatic carbocycles. The highest BCUT2D eigenvalue weighted by atomic mass is 35.5. The standard InChI is InChI=1S/C46H66ClNO7/c1-27(2)38-32(50)23-46(36(54-28(3)49)26-48-25-29-11-13-30(47)14-12-29)22-21-44(9)31(39(38)46)15-16-34-43(8)19-18-35(55-37(51)24-41(4,5)40(52)53)42(6,7)33(43)17-20-45(34,44)10/h11-14,27,31,33-36,48H,15-26H2,1-10H3,(H,52,53)/t31-,33+,34-,35+,36+,43+,44-,45-,46+/m1/s1. The van der Waals surface area contributed by atoms with Gasteiger partial charge in [-0.3, -0.25) is 19.2 Å². The topological polar surface area (TPSA) is 119 Å². The van der Waals surface area contributed by atoms with Crippen LogP contribution in [-0.4, -0.2) is 47.6 Å². The Morgan fingerprint density at radius 3 is 2.22 bits per heavy atom. The zero-order valence-electron chi connectivity index (χ0n) is 35.0. The number of carbonyl (C=O) groups excluding carboxylic acids is 3. The van der Waals surface area contributed by atoms with Gasteiger partial charge in [0.2, 0.25) is 0 Å². The molecule has 0 spiro atoms. The molecule has 0 aliphatic heterocycles. The monoisotopic (exact) mass is 779 g/mol. The number of ether oxygens (including phenoxy) is 2. The lowest BCUT2D eigenvalue weighted by atomic mass is 9.33. The Bertz CT molecular complexity index is 1730. The molecule has 0 bridgehead atoms. The Morgan fingerprint density at radius 1 is 0.927 bits per heavy atom. The van der Waals surface area contributed by atoms with Crippen LogP contribution >= 0.6 is 11.6 Å². The third-order valence-corrected chi connectivity index (χ3v) is 16.6. The molecule has 0 unspecified atom stereocenters. The second-order valence-electron chi connectivity index (χ2n) is 20.4. The van der Waals surface area contributed by atoms with E-state index < -0.39 is 28.9 Å². The molecule has 1 aromatic carbocycles. The van der Waals surface area contributed by atoms with Gasteiger partial charge < -0.3 is 19.9 Å². The molecule has 8 nitrogen and oxygen atoms in total. The molecule has 0 radical (unpaired) electrons. The molecule has 5 aliphatic rings. The summed E-state index contributed by atoms with van der Waals surface area (Å²) in [7, 11) is 0. The molecule has 6 rings (SSSR count). The van der Waals surface area contributed by atoms with Crippen LogP contribution in [0.15, 0.2) is 35.4 Å². The van der Waals surface area contributed by atoms with Gasteiger partial charge in [0.05, 0.1) is 11.8 Å². The predicted molar refractivity (Wildman–Crippen MR) is 214 cm³/mol. The number of Topliss-reactive ketones (excluding diaryl/α,β-unsaturated/α-hetero) is 1. The van der Waals surface area contributed by atoms with Gasteiger partial charge in [-0.05, 0) is 134 Å². The average Bonchev–Trinajstić information content (AvgIpc) is 3.39. The van der Waals surface area contributed by atoms with Crippen LogP contribution in [0.2, 0.25) is 5.02 Å². The van der Waals surface area contributed by atoms with Crippen molar-refractivity contribution in [2.45, 2.75) is 152 Å². The number of rotatable bonds is 11. The van der Waals surface area contributed by atoms with E-state index in [1.165, 1.54) is 12.5 Å². The molecule has 304 valence electrons. The fourth-order valence-corrected chi connectivity index (χ4v) is 13.5. The molecule has 4 saturated carbocycles. The second kappa shape index (κ2) is 14.6. The van der Waals surface area contributed by atoms with Gasteiger partial charge in [-0.15, -0.1) is 0 Å². The van der Waals surface area contributed by atoms with Crippen molar-refractivity contribution in [1.29, 1.82) is 0 Å². The van der Waals surface area contributed by atoms with E-state index >= 15 is 0 Å². The highest BCUT2D eigenvalue weighted by molar-refractivity contribution is 6.30. The van der Waals surface area contributed by atoms with Crippen LogP contribution in [0.5, 0.6) is 0 Å². The number of esters is 2. The number of hydrogen-bond donors (Lipinski definition) is 2. The molecular weight excluding hydrogens is 714 g/mol. The Balaban J connectivity index is 1.30. The summed E-state index contributed by atoms with van der Waals surface area (Å²) in [4.78, 5) is 52.0. The van der Waals surface area contributed by atoms with Crippen LogP contribution in [0.4, 0.5) is 0 Å². The number of carboxylic acids is 1. The van der Waals surface area contributed by atoms with Crippen LogP contribution in [0.3, 0.4) is 0 Å². The van der Waals surface area contributed by atoms with Gasteiger partial charge in [-0.2, -0.15) is 0 Å². The first-order valence-corrected chi connectivity index (χ1v) is 21.2. The van der Waals surface area contributed by atoms with E-state index in [-0.39, 0.29) is 57.8 Å². The second-order valence-corrected chi connectivity index (χ2v) is 20.8. The molecule has 9 atom stereocenters. The van der Waals surface area contributed by atoms with Gasteiger partial charge in [-0.1, -0.05) is 72.2 Å². The first kappa shape index (κ1) is 41.9. The van der Waals surface area contributed by atoms with Crippen LogP contribution in [-0.2, 0) is 35.2 Å². The van der Waals surface area contributed by atoms with Crippen LogP contribution in [0.1, 0.15) is 139 Å². The van der Waals surface area contributed by atoms with Crippen molar-refractivity contribution in [3.8, 4) is 0 Å². The first-order chi connectivity index (χ1) is 25.5. The fourth-order valence-electron chi connectivity index (χ4n) is 13.4. The van der Waals surface area contributed by atoms with Crippen molar-refractivity contribution in [2.75, 3.05) is 6.54 Å². The number of benzene rings is 1. The summed E-state index contributed by atoms with van der Waals surface area (Å²) < 4.78 is 12.5. The van der Waals surface area contributed by atoms with Crippen LogP contribution in [0, 0.1) is 56.2 Å². The number of nitrogens with one attached hydrogen (secondary N) is 1. The highest BCUT2D eigenvalue weighted by Gasteiger charge is 2.71. The van der Waals surface area contributed by atoms with E-state index in [2.05, 4.69) is 53.8 Å². The van der Waals surface area contributed by atoms with E-state index in [1.807, 2.05) is 24.3 Å². The minimum Gasteiger partial charge on any atom is -0.481 e. The third-order valence-electron chi connectivity index (χ3n) is 16.4. The fraction of sp³-hybridized carbons (Fsp3) is 0.739. The minimum atomic E-state index is -1.18. The normalized spacial score (nSPS) is 36.0. The molecule has 0 saturated heterocycles. The molecule has 0 aromatic heterocycles. The average molecular weight is 780 g/mol. The summed E-state index contributed by atoms with van der Waals surface area (Å²) in [5, 5.41) is 13.9. The lowest BCUT2D eigenvalue weighted by molar-refractivity contribution is -0.235.